The summed E-state index contributed by atoms with van der Waals surface area (Å²) in [5, 5.41) is -1.68. The number of para-hydroxylation sites is 4. The molecule has 9 aromatic rings. The van der Waals surface area contributed by atoms with E-state index in [4.69, 9.17) is 35.9 Å². The molecule has 0 fully saturated rings. The quantitative estimate of drug-likeness (QED) is 0.205. The second-order valence-corrected chi connectivity index (χ2v) is 9.07. The topological polar surface area (TPSA) is 56.7 Å². The molecule has 0 saturated heterocycles. The van der Waals surface area contributed by atoms with E-state index in [1.807, 2.05) is 0 Å². The summed E-state index contributed by atoms with van der Waals surface area (Å²) in [6, 6.07) is -20.1. The van der Waals surface area contributed by atoms with Gasteiger partial charge >= 0.3 is 0 Å². The minimum absolute atomic E-state index is 0.371. The minimum Gasteiger partial charge on any atom is -0.455 e. The van der Waals surface area contributed by atoms with Crippen LogP contribution in [-0.2, 0) is 0 Å². The number of fused-ring (bicyclic) bond motifs is 6. The Hall–Kier alpha value is -6.07. The van der Waals surface area contributed by atoms with Crippen molar-refractivity contribution in [2.75, 3.05) is 0 Å². The number of hydrogen-bond donors (Lipinski definition) is 0. The average Bonchev–Trinajstić information content (AvgIpc) is 3.88. The summed E-state index contributed by atoms with van der Waals surface area (Å²) in [6.07, 6.45) is 0. The molecule has 0 amide bonds. The molecular formula is C39H24N4O. The molecule has 3 aromatic heterocycles. The van der Waals surface area contributed by atoms with Crippen molar-refractivity contribution < 1.29 is 37.3 Å². The van der Waals surface area contributed by atoms with Crippen molar-refractivity contribution in [3.63, 3.8) is 0 Å². The van der Waals surface area contributed by atoms with Crippen LogP contribution in [-0.4, -0.2) is 19.5 Å². The Bertz CT molecular complexity index is 3760. The van der Waals surface area contributed by atoms with E-state index in [9.17, 15) is 1.37 Å². The summed E-state index contributed by atoms with van der Waals surface area (Å²) >= 11 is 0. The van der Waals surface area contributed by atoms with Gasteiger partial charge in [-0.1, -0.05) is 109 Å². The Labute approximate surface area is 286 Å². The molecule has 6 aromatic carbocycles. The maximum atomic E-state index is 9.68. The molecule has 0 N–H and O–H groups in total. The Kier molecular flexibility index (Phi) is 2.34. The van der Waals surface area contributed by atoms with Crippen LogP contribution in [0.15, 0.2) is 149 Å². The largest absolute Gasteiger partial charge is 0.455 e. The molecule has 44 heavy (non-hydrogen) atoms. The van der Waals surface area contributed by atoms with Gasteiger partial charge < -0.3 is 8.98 Å². The molecule has 3 heterocycles. The first-order chi connectivity index (χ1) is 31.8. The lowest BCUT2D eigenvalue weighted by Gasteiger charge is -2.11. The SMILES string of the molecule is [2H]c1c([2H])c([2H])c(-c2nc(-c3c([2H])c([2H])c([2H])c(-n4c5c([2H])c([2H])c([2H])c([2H])c5c5c([2H])c([2H])c([2H])c([2H])c54)c3[2H])nc(-c3c([2H])c([2H])c([2H])c4c3oc3c([2H])c([2H])c([2H])c([2H])c34)n2)c([2H])c1[2H]. The molecule has 0 aliphatic heterocycles. The summed E-state index contributed by atoms with van der Waals surface area (Å²) in [5.74, 6) is -2.45. The molecule has 206 valence electrons. The standard InChI is InChI=1S/C39H24N4O/c1-2-12-25(13-3-1)37-40-38(42-39(41-37)32-20-11-19-31-30-18-6-9-23-35(30)44-36(31)32)26-14-10-15-27(24-26)43-33-21-7-4-16-28(33)29-17-5-8-22-34(29)43/h1-24H/i1D,2D,3D,4D,5D,6D,7D,8D,9D,10D,11D,12D,13D,14D,15D,16D,17D,18D,19D,20D,21D,22D,23D,24D. The highest BCUT2D eigenvalue weighted by Gasteiger charge is 2.18. The zero-order chi connectivity index (χ0) is 49.9. The predicted molar refractivity (Wildman–Crippen MR) is 178 cm³/mol. The van der Waals surface area contributed by atoms with E-state index in [2.05, 4.69) is 15.0 Å². The third kappa shape index (κ3) is 3.83. The number of furan rings is 1. The number of aromatic nitrogens is 4. The number of rotatable bonds is 4. The average molecular weight is 589 g/mol. The molecule has 0 spiro atoms. The third-order valence-electron chi connectivity index (χ3n) is 6.61. The molecule has 5 nitrogen and oxygen atoms in total. The highest BCUT2D eigenvalue weighted by atomic mass is 16.3. The maximum absolute atomic E-state index is 9.68. The van der Waals surface area contributed by atoms with Gasteiger partial charge in [-0.2, -0.15) is 0 Å². The number of hydrogen-bond acceptors (Lipinski definition) is 4. The van der Waals surface area contributed by atoms with Crippen molar-refractivity contribution in [3.05, 3.63) is 145 Å². The first kappa shape index (κ1) is 10.6. The van der Waals surface area contributed by atoms with Gasteiger partial charge in [-0.05, 0) is 36.3 Å². The van der Waals surface area contributed by atoms with Gasteiger partial charge in [-0.3, -0.25) is 0 Å². The molecule has 0 radical (unpaired) electrons. The van der Waals surface area contributed by atoms with Gasteiger partial charge in [0.05, 0.1) is 49.5 Å². The maximum Gasteiger partial charge on any atom is 0.167 e. The van der Waals surface area contributed by atoms with E-state index < -0.39 is 223 Å². The fourth-order valence-corrected chi connectivity index (χ4v) is 4.76. The molecule has 0 unspecified atom stereocenters. The van der Waals surface area contributed by atoms with Crippen LogP contribution in [0.1, 0.15) is 32.9 Å². The first-order valence-electron chi connectivity index (χ1n) is 24.7. The highest BCUT2D eigenvalue weighted by Crippen LogP contribution is 2.36. The zero-order valence-electron chi connectivity index (χ0n) is 45.7. The Morgan fingerprint density at radius 3 is 1.82 bits per heavy atom. The molecular weight excluding hydrogens is 540 g/mol. The second kappa shape index (κ2) is 9.75. The first-order valence-corrected chi connectivity index (χ1v) is 12.7. The van der Waals surface area contributed by atoms with E-state index in [-0.39, 0.29) is 5.39 Å². The summed E-state index contributed by atoms with van der Waals surface area (Å²) in [6.45, 7) is 0. The Morgan fingerprint density at radius 2 is 1.05 bits per heavy atom. The lowest BCUT2D eigenvalue weighted by molar-refractivity contribution is 0.669. The zero-order valence-corrected chi connectivity index (χ0v) is 21.7. The van der Waals surface area contributed by atoms with E-state index in [0.717, 1.165) is 4.57 Å². The summed E-state index contributed by atoms with van der Waals surface area (Å²) < 4.78 is 216. The minimum atomic E-state index is -1.01. The van der Waals surface area contributed by atoms with Crippen LogP contribution in [0.3, 0.4) is 0 Å². The van der Waals surface area contributed by atoms with E-state index in [1.165, 1.54) is 0 Å². The van der Waals surface area contributed by atoms with Crippen LogP contribution in [0.5, 0.6) is 0 Å². The van der Waals surface area contributed by atoms with Gasteiger partial charge in [-0.15, -0.1) is 0 Å². The van der Waals surface area contributed by atoms with Crippen molar-refractivity contribution in [2.45, 2.75) is 0 Å². The van der Waals surface area contributed by atoms with Crippen LogP contribution in [0, 0.1) is 0 Å². The lowest BCUT2D eigenvalue weighted by atomic mass is 10.1. The van der Waals surface area contributed by atoms with Crippen molar-refractivity contribution in [2.24, 2.45) is 0 Å². The molecule has 0 bridgehead atoms. The fourth-order valence-electron chi connectivity index (χ4n) is 4.76. The summed E-state index contributed by atoms with van der Waals surface area (Å²) in [4.78, 5) is 13.1. The van der Waals surface area contributed by atoms with Gasteiger partial charge in [-0.25, -0.2) is 15.0 Å². The second-order valence-electron chi connectivity index (χ2n) is 9.07. The van der Waals surface area contributed by atoms with E-state index in [1.54, 1.807) is 0 Å². The molecule has 0 aliphatic rings. The Balaban J connectivity index is 1.49. The van der Waals surface area contributed by atoms with E-state index >= 15 is 0 Å². The van der Waals surface area contributed by atoms with Gasteiger partial charge in [0.15, 0.2) is 17.5 Å². The molecule has 0 atom stereocenters. The van der Waals surface area contributed by atoms with Crippen molar-refractivity contribution >= 4 is 43.7 Å². The Morgan fingerprint density at radius 1 is 0.477 bits per heavy atom. The highest BCUT2D eigenvalue weighted by molar-refractivity contribution is 6.10. The number of nitrogens with zero attached hydrogens (tertiary/aromatic N) is 4. The summed E-state index contributed by atoms with van der Waals surface area (Å²) in [5.41, 5.74) is -5.13. The van der Waals surface area contributed by atoms with Crippen LogP contribution >= 0.6 is 0 Å². The van der Waals surface area contributed by atoms with Gasteiger partial charge in [0.1, 0.15) is 11.2 Å². The van der Waals surface area contributed by atoms with Gasteiger partial charge in [0, 0.05) is 38.4 Å². The summed E-state index contributed by atoms with van der Waals surface area (Å²) in [7, 11) is 0. The smallest absolute Gasteiger partial charge is 0.167 e. The third-order valence-corrected chi connectivity index (χ3v) is 6.61. The van der Waals surface area contributed by atoms with Crippen molar-refractivity contribution in [1.82, 2.24) is 19.5 Å². The van der Waals surface area contributed by atoms with Crippen LogP contribution in [0.2, 0.25) is 0 Å². The van der Waals surface area contributed by atoms with Gasteiger partial charge in [0.25, 0.3) is 0 Å². The van der Waals surface area contributed by atoms with E-state index in [0.29, 0.717) is 0 Å². The monoisotopic (exact) mass is 588 g/mol. The van der Waals surface area contributed by atoms with Crippen LogP contribution < -0.4 is 0 Å². The van der Waals surface area contributed by atoms with Crippen molar-refractivity contribution in [1.29, 1.82) is 0 Å². The number of benzene rings is 6. The molecule has 5 heteroatoms. The fraction of sp³-hybridized carbons (Fsp3) is 0. The molecule has 0 aliphatic carbocycles. The van der Waals surface area contributed by atoms with Gasteiger partial charge in [0.2, 0.25) is 0 Å². The lowest BCUT2D eigenvalue weighted by Crippen LogP contribution is -2.01. The normalized spacial score (nSPS) is 19.3. The predicted octanol–water partition coefficient (Wildman–Crippen LogP) is 9.87. The van der Waals surface area contributed by atoms with Crippen LogP contribution in [0.4, 0.5) is 0 Å². The molecule has 0 saturated carbocycles. The van der Waals surface area contributed by atoms with Crippen LogP contribution in [0.25, 0.3) is 83.6 Å². The molecule has 9 rings (SSSR count). The van der Waals surface area contributed by atoms with Crippen molar-refractivity contribution in [3.8, 4) is 39.9 Å².